The number of carboxylic acid groups (broad SMARTS) is 1. The Morgan fingerprint density at radius 2 is 1.94 bits per heavy atom. The molecule has 1 saturated carbocycles. The van der Waals surface area contributed by atoms with E-state index in [0.29, 0.717) is 41.4 Å². The molecule has 3 aromatic rings. The molecule has 0 aliphatic heterocycles. The number of carboxylic acids is 1. The first kappa shape index (κ1) is 24.4. The molecule has 1 aromatic carbocycles. The topological polar surface area (TPSA) is 116 Å². The molecule has 1 aliphatic carbocycles. The van der Waals surface area contributed by atoms with Gasteiger partial charge in [0.15, 0.2) is 0 Å². The van der Waals surface area contributed by atoms with Gasteiger partial charge >= 0.3 is 11.9 Å². The molecule has 0 unspecified atom stereocenters. The molecular weight excluding hydrogens is 448 g/mol. The Kier molecular flexibility index (Phi) is 7.43. The lowest BCUT2D eigenvalue weighted by Gasteiger charge is -2.27. The highest BCUT2D eigenvalue weighted by molar-refractivity contribution is 5.75. The summed E-state index contributed by atoms with van der Waals surface area (Å²) in [6, 6.07) is 13.2. The summed E-state index contributed by atoms with van der Waals surface area (Å²) in [5.41, 5.74) is 3.28. The Morgan fingerprint density at radius 3 is 2.66 bits per heavy atom. The summed E-state index contributed by atoms with van der Waals surface area (Å²) in [5.74, 6) is -0.899. The lowest BCUT2D eigenvalue weighted by atomic mass is 9.87. The maximum atomic E-state index is 12.7. The first-order chi connectivity index (χ1) is 16.8. The lowest BCUT2D eigenvalue weighted by molar-refractivity contribution is -0.148. The number of carbonyl (C=O) groups excluding carboxylic acids is 1. The zero-order chi connectivity index (χ0) is 24.9. The number of pyridine rings is 1. The van der Waals surface area contributed by atoms with Crippen molar-refractivity contribution in [1.29, 1.82) is 0 Å². The summed E-state index contributed by atoms with van der Waals surface area (Å²) in [4.78, 5) is 28.7. The Morgan fingerprint density at radius 1 is 1.17 bits per heavy atom. The van der Waals surface area contributed by atoms with Crippen LogP contribution >= 0.6 is 0 Å². The summed E-state index contributed by atoms with van der Waals surface area (Å²) in [5, 5.41) is 17.6. The molecule has 9 nitrogen and oxygen atoms in total. The summed E-state index contributed by atoms with van der Waals surface area (Å²) < 4.78 is 13.3. The number of nitrogens with zero attached hydrogens (tertiary/aromatic N) is 4. The van der Waals surface area contributed by atoms with Crippen LogP contribution in [0.5, 0.6) is 5.75 Å². The van der Waals surface area contributed by atoms with Gasteiger partial charge in [-0.2, -0.15) is 0 Å². The van der Waals surface area contributed by atoms with Crippen LogP contribution in [0.3, 0.4) is 0 Å². The second-order valence-corrected chi connectivity index (χ2v) is 8.95. The molecule has 0 bridgehead atoms. The Bertz CT molecular complexity index is 1190. The number of hydrogen-bond acceptors (Lipinski definition) is 7. The largest absolute Gasteiger partial charge is 0.489 e. The maximum absolute atomic E-state index is 12.7. The number of ether oxygens (including phenoxy) is 2. The smallest absolute Gasteiger partial charge is 0.312 e. The number of esters is 1. The van der Waals surface area contributed by atoms with Crippen LogP contribution < -0.4 is 4.74 Å². The number of carbonyl (C=O) groups is 2. The van der Waals surface area contributed by atoms with Gasteiger partial charge in [-0.05, 0) is 57.2 Å². The first-order valence-corrected chi connectivity index (χ1v) is 11.8. The van der Waals surface area contributed by atoms with E-state index >= 15 is 0 Å². The van der Waals surface area contributed by atoms with E-state index in [1.165, 1.54) is 0 Å². The highest BCUT2D eigenvalue weighted by Gasteiger charge is 2.28. The van der Waals surface area contributed by atoms with Crippen molar-refractivity contribution in [2.45, 2.75) is 58.2 Å². The summed E-state index contributed by atoms with van der Waals surface area (Å²) >= 11 is 0. The first-order valence-electron chi connectivity index (χ1n) is 11.8. The van der Waals surface area contributed by atoms with E-state index in [4.69, 9.17) is 9.47 Å². The number of rotatable bonds is 8. The minimum Gasteiger partial charge on any atom is -0.489 e. The van der Waals surface area contributed by atoms with Gasteiger partial charge in [-0.3, -0.25) is 14.3 Å². The zero-order valence-corrected chi connectivity index (χ0v) is 20.2. The highest BCUT2D eigenvalue weighted by Crippen LogP contribution is 2.30. The summed E-state index contributed by atoms with van der Waals surface area (Å²) in [6.07, 6.45) is 2.32. The molecule has 1 fully saturated rings. The van der Waals surface area contributed by atoms with Crippen LogP contribution in [0.25, 0.3) is 11.4 Å². The number of aliphatic carboxylic acids is 1. The molecule has 184 valence electrons. The molecule has 35 heavy (non-hydrogen) atoms. The van der Waals surface area contributed by atoms with Crippen LogP contribution in [-0.4, -0.2) is 43.1 Å². The van der Waals surface area contributed by atoms with Crippen LogP contribution in [0.1, 0.15) is 55.7 Å². The van der Waals surface area contributed by atoms with Crippen molar-refractivity contribution in [3.63, 3.8) is 0 Å². The molecule has 2 heterocycles. The van der Waals surface area contributed by atoms with Gasteiger partial charge in [-0.1, -0.05) is 35.5 Å². The molecule has 1 aliphatic rings. The predicted octanol–water partition coefficient (Wildman–Crippen LogP) is 4.05. The van der Waals surface area contributed by atoms with Crippen molar-refractivity contribution in [2.75, 3.05) is 0 Å². The van der Waals surface area contributed by atoms with Gasteiger partial charge in [0.2, 0.25) is 0 Å². The molecule has 3 atom stereocenters. The van der Waals surface area contributed by atoms with Gasteiger partial charge < -0.3 is 14.6 Å². The van der Waals surface area contributed by atoms with Crippen LogP contribution in [0, 0.1) is 12.8 Å². The van der Waals surface area contributed by atoms with E-state index in [1.807, 2.05) is 50.2 Å². The van der Waals surface area contributed by atoms with Crippen molar-refractivity contribution in [2.24, 2.45) is 13.0 Å². The van der Waals surface area contributed by atoms with Crippen LogP contribution in [0.2, 0.25) is 0 Å². The average molecular weight is 479 g/mol. The Balaban J connectivity index is 1.45. The summed E-state index contributed by atoms with van der Waals surface area (Å²) in [7, 11) is 1.73. The fourth-order valence-electron chi connectivity index (χ4n) is 4.40. The van der Waals surface area contributed by atoms with E-state index in [9.17, 15) is 14.7 Å². The minimum atomic E-state index is -0.768. The Hall–Kier alpha value is -3.75. The number of hydrogen-bond donors (Lipinski definition) is 1. The monoisotopic (exact) mass is 478 g/mol. The molecule has 0 saturated heterocycles. The maximum Gasteiger partial charge on any atom is 0.312 e. The zero-order valence-electron chi connectivity index (χ0n) is 20.2. The standard InChI is InChI=1S/C26H30N4O5/c1-16-23(35-20-11-7-10-19(14-20)26(32)33)13-12-21(27-16)25-22(30(3)29-28-25)15-24(31)34-17(2)18-8-5-4-6-9-18/h4-6,8-9,12-13,17,19-20H,7,10-11,14-15H2,1-3H3,(H,32,33)/t17-,19+,20+/m1/s1. The minimum absolute atomic E-state index is 0.00758. The van der Waals surface area contributed by atoms with E-state index in [0.717, 1.165) is 18.4 Å². The fourth-order valence-corrected chi connectivity index (χ4v) is 4.40. The Labute approximate surface area is 204 Å². The van der Waals surface area contributed by atoms with Crippen molar-refractivity contribution in [3.8, 4) is 17.1 Å². The second-order valence-electron chi connectivity index (χ2n) is 8.95. The van der Waals surface area contributed by atoms with Gasteiger partial charge in [0.05, 0.1) is 35.5 Å². The third-order valence-corrected chi connectivity index (χ3v) is 6.38. The molecule has 0 radical (unpaired) electrons. The third kappa shape index (κ3) is 5.85. The van der Waals surface area contributed by atoms with Crippen molar-refractivity contribution < 1.29 is 24.2 Å². The van der Waals surface area contributed by atoms with Crippen LogP contribution in [0.15, 0.2) is 42.5 Å². The van der Waals surface area contributed by atoms with E-state index in [-0.39, 0.29) is 30.5 Å². The van der Waals surface area contributed by atoms with Gasteiger partial charge in [-0.15, -0.1) is 5.10 Å². The fraction of sp³-hybridized carbons (Fsp3) is 0.423. The lowest BCUT2D eigenvalue weighted by Crippen LogP contribution is -2.29. The van der Waals surface area contributed by atoms with Crippen molar-refractivity contribution in [1.82, 2.24) is 20.0 Å². The van der Waals surface area contributed by atoms with Crippen LogP contribution in [-0.2, 0) is 27.8 Å². The predicted molar refractivity (Wildman–Crippen MR) is 128 cm³/mol. The number of aryl methyl sites for hydroxylation is 2. The van der Waals surface area contributed by atoms with Crippen molar-refractivity contribution in [3.05, 3.63) is 59.4 Å². The quantitative estimate of drug-likeness (QED) is 0.482. The molecular formula is C26H30N4O5. The van der Waals surface area contributed by atoms with Gasteiger partial charge in [0.1, 0.15) is 17.5 Å². The van der Waals surface area contributed by atoms with Gasteiger partial charge in [0, 0.05) is 7.05 Å². The van der Waals surface area contributed by atoms with E-state index in [1.54, 1.807) is 17.8 Å². The molecule has 9 heteroatoms. The highest BCUT2D eigenvalue weighted by atomic mass is 16.5. The molecule has 2 aromatic heterocycles. The van der Waals surface area contributed by atoms with Gasteiger partial charge in [0.25, 0.3) is 0 Å². The average Bonchev–Trinajstić information content (AvgIpc) is 3.20. The van der Waals surface area contributed by atoms with Crippen molar-refractivity contribution >= 4 is 11.9 Å². The van der Waals surface area contributed by atoms with Crippen LogP contribution in [0.4, 0.5) is 0 Å². The molecule has 4 rings (SSSR count). The number of benzene rings is 1. The van der Waals surface area contributed by atoms with E-state index in [2.05, 4.69) is 15.3 Å². The number of aromatic nitrogens is 4. The molecule has 0 amide bonds. The van der Waals surface area contributed by atoms with E-state index < -0.39 is 5.97 Å². The second kappa shape index (κ2) is 10.7. The van der Waals surface area contributed by atoms with Gasteiger partial charge in [-0.25, -0.2) is 4.98 Å². The SMILES string of the molecule is Cc1nc(-c2nnn(C)c2CC(=O)O[C@H](C)c2ccccc2)ccc1O[C@H]1CCC[C@H](C(=O)O)C1. The normalized spacial score (nSPS) is 18.6. The molecule has 1 N–H and O–H groups in total. The molecule has 0 spiro atoms. The third-order valence-electron chi connectivity index (χ3n) is 6.38. The summed E-state index contributed by atoms with van der Waals surface area (Å²) in [6.45, 7) is 3.67.